The predicted molar refractivity (Wildman–Crippen MR) is 138 cm³/mol. The van der Waals surface area contributed by atoms with Crippen molar-refractivity contribution >= 4 is 52.8 Å². The molecule has 1 saturated heterocycles. The number of carbonyl (C=O) groups excluding carboxylic acids is 3. The van der Waals surface area contributed by atoms with E-state index in [4.69, 9.17) is 32.7 Å². The topological polar surface area (TPSA) is 94.2 Å². The normalized spacial score (nSPS) is 23.8. The third-order valence-corrected chi connectivity index (χ3v) is 7.67. The summed E-state index contributed by atoms with van der Waals surface area (Å²) in [5, 5.41) is 4.01. The Bertz CT molecular complexity index is 1120. The molecule has 2 heterocycles. The maximum absolute atomic E-state index is 12.5. The Morgan fingerprint density at radius 2 is 2.08 bits per heavy atom. The number of morpholine rings is 1. The highest BCUT2D eigenvalue weighted by atomic mass is 35.5. The van der Waals surface area contributed by atoms with Crippen LogP contribution in [0, 0.1) is 5.92 Å². The molecular formula is C25H26Cl2N2O6S. The fourth-order valence-corrected chi connectivity index (χ4v) is 5.24. The van der Waals surface area contributed by atoms with Gasteiger partial charge in [-0.05, 0) is 29.8 Å². The van der Waals surface area contributed by atoms with Crippen LogP contribution in [0.1, 0.15) is 5.56 Å². The summed E-state index contributed by atoms with van der Waals surface area (Å²) >= 11 is 13.5. The summed E-state index contributed by atoms with van der Waals surface area (Å²) in [6, 6.07) is 5.62. The number of carbonyl (C=O) groups is 3. The monoisotopic (exact) mass is 552 g/mol. The number of halogens is 2. The van der Waals surface area contributed by atoms with Crippen molar-refractivity contribution in [2.45, 2.75) is 18.8 Å². The summed E-state index contributed by atoms with van der Waals surface area (Å²) in [7, 11) is 1.21. The highest BCUT2D eigenvalue weighted by Crippen LogP contribution is 2.32. The lowest BCUT2D eigenvalue weighted by Crippen LogP contribution is -2.47. The molecule has 192 valence electrons. The first-order chi connectivity index (χ1) is 17.3. The molecule has 3 aliphatic rings. The summed E-state index contributed by atoms with van der Waals surface area (Å²) in [6.07, 6.45) is 6.42. The average Bonchev–Trinajstić information content (AvgIpc) is 2.87. The van der Waals surface area contributed by atoms with Gasteiger partial charge < -0.3 is 19.5 Å². The minimum atomic E-state index is -0.726. The number of hydrogen-bond acceptors (Lipinski definition) is 8. The zero-order valence-corrected chi connectivity index (χ0v) is 21.9. The molecule has 8 nitrogen and oxygen atoms in total. The first-order valence-corrected chi connectivity index (χ1v) is 13.1. The second-order valence-corrected chi connectivity index (χ2v) is 10.4. The van der Waals surface area contributed by atoms with Crippen LogP contribution in [0.25, 0.3) is 0 Å². The van der Waals surface area contributed by atoms with E-state index in [1.54, 1.807) is 18.2 Å². The van der Waals surface area contributed by atoms with E-state index in [1.165, 1.54) is 18.9 Å². The molecule has 1 aromatic rings. The first-order valence-electron chi connectivity index (χ1n) is 11.4. The number of amides is 1. The number of rotatable bonds is 8. The Hall–Kier alpha value is -2.30. The van der Waals surface area contributed by atoms with Crippen LogP contribution in [0.3, 0.4) is 0 Å². The van der Waals surface area contributed by atoms with E-state index >= 15 is 0 Å². The molecule has 0 aromatic heterocycles. The number of methoxy groups -OCH3 is 1. The van der Waals surface area contributed by atoms with E-state index in [0.29, 0.717) is 29.7 Å². The zero-order valence-electron chi connectivity index (χ0n) is 19.6. The molecule has 2 aliphatic heterocycles. The number of fused-ring (bicyclic) bond motifs is 1. The van der Waals surface area contributed by atoms with Crippen LogP contribution in [0.5, 0.6) is 0 Å². The third kappa shape index (κ3) is 6.92. The molecular weight excluding hydrogens is 527 g/mol. The molecule has 0 radical (unpaired) electrons. The van der Waals surface area contributed by atoms with Crippen LogP contribution in [0.4, 0.5) is 0 Å². The summed E-state index contributed by atoms with van der Waals surface area (Å²) in [6.45, 7) is 3.22. The van der Waals surface area contributed by atoms with Gasteiger partial charge in [-0.2, -0.15) is 0 Å². The largest absolute Gasteiger partial charge is 0.465 e. The third-order valence-electron chi connectivity index (χ3n) is 5.92. The highest BCUT2D eigenvalue weighted by Gasteiger charge is 2.34. The number of nitrogens with zero attached hydrogens (tertiary/aromatic N) is 1. The molecule has 36 heavy (non-hydrogen) atoms. The zero-order chi connectivity index (χ0) is 25.7. The highest BCUT2D eigenvalue weighted by molar-refractivity contribution is 8.03. The summed E-state index contributed by atoms with van der Waals surface area (Å²) in [5.74, 6) is -1.60. The predicted octanol–water partition coefficient (Wildman–Crippen LogP) is 3.14. The van der Waals surface area contributed by atoms with Crippen LogP contribution in [-0.4, -0.2) is 74.1 Å². The fourth-order valence-electron chi connectivity index (χ4n) is 4.10. The second-order valence-electron chi connectivity index (χ2n) is 8.52. The van der Waals surface area contributed by atoms with Gasteiger partial charge in [0.2, 0.25) is 5.91 Å². The number of ether oxygens (including phenoxy) is 3. The van der Waals surface area contributed by atoms with Crippen molar-refractivity contribution < 1.29 is 28.6 Å². The lowest BCUT2D eigenvalue weighted by Gasteiger charge is -2.33. The number of esters is 2. The molecule has 4 rings (SSSR count). The van der Waals surface area contributed by atoms with Gasteiger partial charge in [-0.15, -0.1) is 11.8 Å². The quantitative estimate of drug-likeness (QED) is 0.388. The Labute approximate surface area is 223 Å². The first kappa shape index (κ1) is 26.8. The van der Waals surface area contributed by atoms with Crippen molar-refractivity contribution in [2.75, 3.05) is 39.1 Å². The van der Waals surface area contributed by atoms with Crippen molar-refractivity contribution in [1.82, 2.24) is 10.2 Å². The average molecular weight is 553 g/mol. The molecule has 2 unspecified atom stereocenters. The second kappa shape index (κ2) is 12.3. The SMILES string of the molecule is COC(=O)C1=CC2C=C(SCC(=O)NC[C@H]3CN(Cc4ccc(Cl)c(Cl)c4)CCO3)C=CC2OC1=O. The molecule has 11 heteroatoms. The standard InChI is InChI=1S/C25H26Cl2N2O6S/c1-33-24(31)19-10-16-9-18(3-5-22(16)35-25(19)32)36-14-23(30)28-11-17-13-29(6-7-34-17)12-15-2-4-20(26)21(27)8-15/h2-5,8-10,16-17,22H,6-7,11-14H2,1H3,(H,28,30)/t16?,17-,22?/m0/s1. The molecule has 0 saturated carbocycles. The van der Waals surface area contributed by atoms with Crippen LogP contribution < -0.4 is 5.32 Å². The maximum Gasteiger partial charge on any atom is 0.345 e. The van der Waals surface area contributed by atoms with Crippen molar-refractivity contribution in [3.8, 4) is 0 Å². The van der Waals surface area contributed by atoms with Crippen molar-refractivity contribution in [2.24, 2.45) is 5.92 Å². The minimum Gasteiger partial charge on any atom is -0.465 e. The Morgan fingerprint density at radius 1 is 1.25 bits per heavy atom. The van der Waals surface area contributed by atoms with E-state index in [0.717, 1.165) is 23.6 Å². The molecule has 1 aromatic carbocycles. The van der Waals surface area contributed by atoms with E-state index in [9.17, 15) is 14.4 Å². The Morgan fingerprint density at radius 3 is 2.86 bits per heavy atom. The van der Waals surface area contributed by atoms with Crippen LogP contribution >= 0.6 is 35.0 Å². The van der Waals surface area contributed by atoms with E-state index in [2.05, 4.69) is 15.0 Å². The van der Waals surface area contributed by atoms with E-state index < -0.39 is 18.0 Å². The molecule has 1 fully saturated rings. The van der Waals surface area contributed by atoms with Gasteiger partial charge in [-0.1, -0.05) is 41.4 Å². The molecule has 1 aliphatic carbocycles. The van der Waals surface area contributed by atoms with Gasteiger partial charge in [-0.3, -0.25) is 9.69 Å². The van der Waals surface area contributed by atoms with E-state index in [-0.39, 0.29) is 29.3 Å². The Kier molecular flexibility index (Phi) is 9.14. The van der Waals surface area contributed by atoms with Crippen molar-refractivity contribution in [1.29, 1.82) is 0 Å². The summed E-state index contributed by atoms with van der Waals surface area (Å²) < 4.78 is 15.8. The molecule has 1 N–H and O–H groups in total. The minimum absolute atomic E-state index is 0.108. The van der Waals surface area contributed by atoms with Crippen LogP contribution in [0.15, 0.2) is 53.0 Å². The van der Waals surface area contributed by atoms with Crippen LogP contribution in [-0.2, 0) is 35.1 Å². The molecule has 1 amide bonds. The van der Waals surface area contributed by atoms with Gasteiger partial charge in [-0.25, -0.2) is 9.59 Å². The van der Waals surface area contributed by atoms with Crippen LogP contribution in [0.2, 0.25) is 10.0 Å². The van der Waals surface area contributed by atoms with E-state index in [1.807, 2.05) is 24.3 Å². The maximum atomic E-state index is 12.5. The lowest BCUT2D eigenvalue weighted by atomic mass is 9.92. The van der Waals surface area contributed by atoms with Gasteiger partial charge in [0.15, 0.2) is 0 Å². The number of hydrogen-bond donors (Lipinski definition) is 1. The summed E-state index contributed by atoms with van der Waals surface area (Å²) in [4.78, 5) is 39.3. The van der Waals surface area contributed by atoms with Crippen molar-refractivity contribution in [3.63, 3.8) is 0 Å². The fraction of sp³-hybridized carbons (Fsp3) is 0.400. The lowest BCUT2D eigenvalue weighted by molar-refractivity contribution is -0.150. The molecule has 0 bridgehead atoms. The Balaban J connectivity index is 1.23. The smallest absolute Gasteiger partial charge is 0.345 e. The number of benzene rings is 1. The molecule has 0 spiro atoms. The number of allylic oxidation sites excluding steroid dienone is 1. The number of nitrogens with one attached hydrogen (secondary N) is 1. The van der Waals surface area contributed by atoms with Gasteiger partial charge in [0.1, 0.15) is 11.7 Å². The van der Waals surface area contributed by atoms with Gasteiger partial charge in [0.05, 0.1) is 35.6 Å². The summed E-state index contributed by atoms with van der Waals surface area (Å²) in [5.41, 5.74) is 0.955. The molecule has 3 atom stereocenters. The van der Waals surface area contributed by atoms with Gasteiger partial charge in [0, 0.05) is 37.0 Å². The number of thioether (sulfide) groups is 1. The van der Waals surface area contributed by atoms with Gasteiger partial charge >= 0.3 is 11.9 Å². The van der Waals surface area contributed by atoms with Crippen molar-refractivity contribution in [3.05, 3.63) is 68.6 Å². The van der Waals surface area contributed by atoms with Gasteiger partial charge in [0.25, 0.3) is 0 Å².